The van der Waals surface area contributed by atoms with Gasteiger partial charge in [-0.25, -0.2) is 0 Å². The Morgan fingerprint density at radius 3 is 3.09 bits per heavy atom. The summed E-state index contributed by atoms with van der Waals surface area (Å²) in [6, 6.07) is 0. The van der Waals surface area contributed by atoms with Gasteiger partial charge in [-0.2, -0.15) is 0 Å². The zero-order valence-electron chi connectivity index (χ0n) is 6.88. The predicted octanol–water partition coefficient (Wildman–Crippen LogP) is 1.91. The van der Waals surface area contributed by atoms with Crippen LogP contribution in [0.15, 0.2) is 12.2 Å². The number of rotatable bonds is 2. The normalized spacial score (nSPS) is 23.2. The molecule has 0 N–H and O–H groups in total. The third-order valence-corrected chi connectivity index (χ3v) is 1.84. The van der Waals surface area contributed by atoms with Crippen LogP contribution in [0.4, 0.5) is 0 Å². The fourth-order valence-corrected chi connectivity index (χ4v) is 1.26. The Bertz CT molecular complexity index is 161. The van der Waals surface area contributed by atoms with E-state index in [4.69, 9.17) is 4.74 Å². The number of hydrogen-bond acceptors (Lipinski definition) is 2. The first kappa shape index (κ1) is 8.31. The molecule has 1 atom stereocenters. The minimum atomic E-state index is -0.0662. The number of carbonyl (C=O) groups excluding carboxylic acids is 1. The molecule has 0 saturated heterocycles. The molecule has 1 rings (SSSR count). The molecule has 0 aromatic carbocycles. The highest BCUT2D eigenvalue weighted by Crippen LogP contribution is 2.17. The summed E-state index contributed by atoms with van der Waals surface area (Å²) in [5, 5.41) is 0. The van der Waals surface area contributed by atoms with Gasteiger partial charge in [-0.15, -0.1) is 0 Å². The van der Waals surface area contributed by atoms with Crippen LogP contribution < -0.4 is 0 Å². The van der Waals surface area contributed by atoms with Crippen molar-refractivity contribution < 1.29 is 9.53 Å². The summed E-state index contributed by atoms with van der Waals surface area (Å²) in [5.74, 6) is -0.0350. The van der Waals surface area contributed by atoms with Gasteiger partial charge < -0.3 is 4.74 Å². The summed E-state index contributed by atoms with van der Waals surface area (Å²) >= 11 is 0. The van der Waals surface area contributed by atoms with Crippen LogP contribution in [-0.4, -0.2) is 12.6 Å². The molecule has 1 aliphatic rings. The third kappa shape index (κ3) is 2.37. The number of carbonyl (C=O) groups is 1. The van der Waals surface area contributed by atoms with Crippen molar-refractivity contribution in [3.63, 3.8) is 0 Å². The molecule has 0 fully saturated rings. The Kier molecular flexibility index (Phi) is 3.14. The molecule has 0 spiro atoms. The van der Waals surface area contributed by atoms with Crippen molar-refractivity contribution in [3.8, 4) is 0 Å². The van der Waals surface area contributed by atoms with Crippen LogP contribution >= 0.6 is 0 Å². The van der Waals surface area contributed by atoms with Crippen LogP contribution in [0, 0.1) is 5.92 Å². The molecule has 0 aromatic rings. The molecule has 11 heavy (non-hydrogen) atoms. The number of esters is 1. The second-order valence-corrected chi connectivity index (χ2v) is 2.72. The summed E-state index contributed by atoms with van der Waals surface area (Å²) < 4.78 is 4.89. The van der Waals surface area contributed by atoms with Crippen LogP contribution in [-0.2, 0) is 9.53 Å². The predicted molar refractivity (Wildman–Crippen MR) is 43.1 cm³/mol. The fourth-order valence-electron chi connectivity index (χ4n) is 1.26. The topological polar surface area (TPSA) is 26.3 Å². The van der Waals surface area contributed by atoms with Gasteiger partial charge in [-0.1, -0.05) is 12.2 Å². The molecule has 0 radical (unpaired) electrons. The molecule has 2 heteroatoms. The van der Waals surface area contributed by atoms with Crippen LogP contribution in [0.1, 0.15) is 26.2 Å². The van der Waals surface area contributed by atoms with Crippen molar-refractivity contribution in [2.75, 3.05) is 6.61 Å². The van der Waals surface area contributed by atoms with Crippen LogP contribution in [0.2, 0.25) is 0 Å². The van der Waals surface area contributed by atoms with Crippen molar-refractivity contribution in [2.45, 2.75) is 26.2 Å². The molecular formula is C9H14O2. The summed E-state index contributed by atoms with van der Waals surface area (Å²) in [5.41, 5.74) is 0. The minimum Gasteiger partial charge on any atom is -0.466 e. The van der Waals surface area contributed by atoms with Crippen LogP contribution in [0.5, 0.6) is 0 Å². The number of allylic oxidation sites excluding steroid dienone is 1. The average Bonchev–Trinajstić information content (AvgIpc) is 2.07. The van der Waals surface area contributed by atoms with E-state index in [0.717, 1.165) is 19.3 Å². The van der Waals surface area contributed by atoms with Gasteiger partial charge >= 0.3 is 5.97 Å². The Morgan fingerprint density at radius 2 is 2.55 bits per heavy atom. The second-order valence-electron chi connectivity index (χ2n) is 2.72. The standard InChI is InChI=1S/C9H14O2/c1-2-11-9(10)8-6-4-3-5-7-8/h4,6,8H,2-3,5,7H2,1H3/t8-/m1/s1. The van der Waals surface area contributed by atoms with E-state index in [2.05, 4.69) is 6.08 Å². The van der Waals surface area contributed by atoms with Crippen molar-refractivity contribution in [3.05, 3.63) is 12.2 Å². The van der Waals surface area contributed by atoms with Gasteiger partial charge in [0.25, 0.3) is 0 Å². The van der Waals surface area contributed by atoms with Crippen molar-refractivity contribution in [1.82, 2.24) is 0 Å². The molecule has 62 valence electrons. The van der Waals surface area contributed by atoms with Crippen molar-refractivity contribution >= 4 is 5.97 Å². The van der Waals surface area contributed by atoms with Gasteiger partial charge in [0.1, 0.15) is 0 Å². The van der Waals surface area contributed by atoms with Crippen LogP contribution in [0.3, 0.4) is 0 Å². The van der Waals surface area contributed by atoms with Gasteiger partial charge in [-0.05, 0) is 26.2 Å². The molecular weight excluding hydrogens is 140 g/mol. The third-order valence-electron chi connectivity index (χ3n) is 1.84. The highest BCUT2D eigenvalue weighted by molar-refractivity contribution is 5.74. The molecule has 0 aromatic heterocycles. The molecule has 1 aliphatic carbocycles. The summed E-state index contributed by atoms with van der Waals surface area (Å²) in [6.45, 7) is 2.33. The Balaban J connectivity index is 2.39. The lowest BCUT2D eigenvalue weighted by Gasteiger charge is -2.13. The fraction of sp³-hybridized carbons (Fsp3) is 0.667. The molecule has 0 unspecified atom stereocenters. The van der Waals surface area contributed by atoms with Gasteiger partial charge in [-0.3, -0.25) is 4.79 Å². The van der Waals surface area contributed by atoms with E-state index in [0.29, 0.717) is 6.61 Å². The first-order chi connectivity index (χ1) is 5.34. The highest BCUT2D eigenvalue weighted by Gasteiger charge is 2.17. The zero-order chi connectivity index (χ0) is 8.10. The van der Waals surface area contributed by atoms with Crippen molar-refractivity contribution in [2.24, 2.45) is 5.92 Å². The summed E-state index contributed by atoms with van der Waals surface area (Å²) in [6.07, 6.45) is 7.19. The Labute approximate surface area is 67.2 Å². The van der Waals surface area contributed by atoms with E-state index < -0.39 is 0 Å². The summed E-state index contributed by atoms with van der Waals surface area (Å²) in [4.78, 5) is 11.1. The quantitative estimate of drug-likeness (QED) is 0.448. The maximum atomic E-state index is 11.1. The monoisotopic (exact) mass is 154 g/mol. The lowest BCUT2D eigenvalue weighted by molar-refractivity contribution is -0.146. The summed E-state index contributed by atoms with van der Waals surface area (Å²) in [7, 11) is 0. The van der Waals surface area contributed by atoms with E-state index in [1.807, 2.05) is 13.0 Å². The number of hydrogen-bond donors (Lipinski definition) is 0. The Hall–Kier alpha value is -0.790. The van der Waals surface area contributed by atoms with Crippen molar-refractivity contribution in [1.29, 1.82) is 0 Å². The minimum absolute atomic E-state index is 0.0312. The lowest BCUT2D eigenvalue weighted by atomic mass is 9.96. The largest absolute Gasteiger partial charge is 0.466 e. The van der Waals surface area contributed by atoms with E-state index in [1.54, 1.807) is 0 Å². The lowest BCUT2D eigenvalue weighted by Crippen LogP contribution is -2.17. The van der Waals surface area contributed by atoms with E-state index in [1.165, 1.54) is 0 Å². The smallest absolute Gasteiger partial charge is 0.312 e. The molecule has 2 nitrogen and oxygen atoms in total. The molecule has 0 saturated carbocycles. The molecule has 0 amide bonds. The van der Waals surface area contributed by atoms with Gasteiger partial charge in [0, 0.05) is 0 Å². The SMILES string of the molecule is CCOC(=O)[C@@H]1C=CCCC1. The van der Waals surface area contributed by atoms with E-state index >= 15 is 0 Å². The molecule has 0 heterocycles. The number of ether oxygens (including phenoxy) is 1. The average molecular weight is 154 g/mol. The first-order valence-corrected chi connectivity index (χ1v) is 4.18. The highest BCUT2D eigenvalue weighted by atomic mass is 16.5. The van der Waals surface area contributed by atoms with Gasteiger partial charge in [0.05, 0.1) is 12.5 Å². The zero-order valence-corrected chi connectivity index (χ0v) is 6.88. The molecule has 0 bridgehead atoms. The van der Waals surface area contributed by atoms with E-state index in [-0.39, 0.29) is 11.9 Å². The van der Waals surface area contributed by atoms with E-state index in [9.17, 15) is 4.79 Å². The van der Waals surface area contributed by atoms with Crippen LogP contribution in [0.25, 0.3) is 0 Å². The maximum Gasteiger partial charge on any atom is 0.312 e. The van der Waals surface area contributed by atoms with Gasteiger partial charge in [0.15, 0.2) is 0 Å². The first-order valence-electron chi connectivity index (χ1n) is 4.18. The Morgan fingerprint density at radius 1 is 1.73 bits per heavy atom. The second kappa shape index (κ2) is 4.16. The van der Waals surface area contributed by atoms with Gasteiger partial charge in [0.2, 0.25) is 0 Å². The maximum absolute atomic E-state index is 11.1. The molecule has 0 aliphatic heterocycles.